The van der Waals surface area contributed by atoms with E-state index in [9.17, 15) is 27.9 Å². The second-order valence-electron chi connectivity index (χ2n) is 25.3. The number of aliphatic hydroxyl groups excluding tert-OH is 1. The van der Waals surface area contributed by atoms with Gasteiger partial charge in [0.1, 0.15) is 11.2 Å². The number of aryl methyl sites for hydroxylation is 1. The summed E-state index contributed by atoms with van der Waals surface area (Å²) in [6.07, 6.45) is 5.02. The van der Waals surface area contributed by atoms with Gasteiger partial charge in [0.15, 0.2) is 0 Å². The number of carbonyl (C=O) groups is 2. The van der Waals surface area contributed by atoms with E-state index in [0.29, 0.717) is 63.4 Å². The molecule has 3 atom stereocenters. The van der Waals surface area contributed by atoms with Gasteiger partial charge in [-0.05, 0) is 119 Å². The smallest absolute Gasteiger partial charge is 0.410 e. The van der Waals surface area contributed by atoms with Gasteiger partial charge in [-0.25, -0.2) is 14.8 Å². The summed E-state index contributed by atoms with van der Waals surface area (Å²) in [5.74, 6) is 0.953. The molecule has 1 aliphatic carbocycles. The molecule has 3 aromatic heterocycles. The summed E-state index contributed by atoms with van der Waals surface area (Å²) in [5, 5.41) is 17.3. The van der Waals surface area contributed by atoms with Crippen molar-refractivity contribution in [3.63, 3.8) is 0 Å². The highest BCUT2D eigenvalue weighted by Crippen LogP contribution is 2.35. The highest BCUT2D eigenvalue weighted by molar-refractivity contribution is 7.13. The van der Waals surface area contributed by atoms with E-state index in [1.807, 2.05) is 38.1 Å². The Balaban J connectivity index is 0.769. The van der Waals surface area contributed by atoms with Gasteiger partial charge in [-0.3, -0.25) is 14.5 Å². The zero-order chi connectivity index (χ0) is 58.6. The number of nitrogens with zero attached hydrogens (tertiary/aromatic N) is 8. The number of nitrogens with one attached hydrogen (secondary N) is 3. The van der Waals surface area contributed by atoms with Crippen molar-refractivity contribution >= 4 is 40.3 Å². The van der Waals surface area contributed by atoms with E-state index in [-0.39, 0.29) is 42.1 Å². The Bertz CT molecular complexity index is 2800. The third-order valence-electron chi connectivity index (χ3n) is 16.1. The molecule has 2 aromatic carbocycles. The number of thiazole rings is 1. The average molecular weight is 1160 g/mol. The zero-order valence-electron chi connectivity index (χ0n) is 49.7. The number of hydroxylamine groups is 1. The Morgan fingerprint density at radius 3 is 2.23 bits per heavy atom. The first-order valence-corrected chi connectivity index (χ1v) is 30.7. The summed E-state index contributed by atoms with van der Waals surface area (Å²) in [6.45, 7) is 25.3. The van der Waals surface area contributed by atoms with E-state index in [0.717, 1.165) is 124 Å². The summed E-state index contributed by atoms with van der Waals surface area (Å²) in [6, 6.07) is 16.5. The lowest BCUT2D eigenvalue weighted by Gasteiger charge is -2.36. The van der Waals surface area contributed by atoms with Gasteiger partial charge in [0, 0.05) is 102 Å². The number of hydrogen-bond acceptors (Lipinski definition) is 14. The predicted octanol–water partition coefficient (Wildman–Crippen LogP) is 10.9. The average Bonchev–Trinajstić information content (AvgIpc) is 3.68. The maximum absolute atomic E-state index is 14.5. The summed E-state index contributed by atoms with van der Waals surface area (Å²) in [7, 11) is 0. The number of likely N-dealkylation sites (tertiary alicyclic amines) is 1. The van der Waals surface area contributed by atoms with Gasteiger partial charge in [0.2, 0.25) is 11.9 Å². The summed E-state index contributed by atoms with van der Waals surface area (Å²) >= 11 is 1.64. The molecule has 4 N–H and O–H groups in total. The van der Waals surface area contributed by atoms with Crippen molar-refractivity contribution < 1.29 is 37.4 Å². The molecule has 0 radical (unpaired) electrons. The van der Waals surface area contributed by atoms with E-state index in [1.54, 1.807) is 22.4 Å². The van der Waals surface area contributed by atoms with Crippen LogP contribution in [0.3, 0.4) is 0 Å². The molecule has 5 heterocycles. The Kier molecular flexibility index (Phi) is 21.9. The fraction of sp³-hybridized carbons (Fsp3) is 0.629. The normalized spacial score (nSPS) is 19.9. The van der Waals surface area contributed by atoms with Crippen LogP contribution in [0.5, 0.6) is 0 Å². The quantitative estimate of drug-likeness (QED) is 0.0323. The maximum Gasteiger partial charge on any atom is 0.410 e. The predicted molar refractivity (Wildman–Crippen MR) is 319 cm³/mol. The van der Waals surface area contributed by atoms with Crippen molar-refractivity contribution in [2.45, 2.75) is 163 Å². The van der Waals surface area contributed by atoms with Crippen LogP contribution in [0.2, 0.25) is 0 Å². The number of aliphatic hydroxyl groups is 1. The molecule has 2 amide bonds. The van der Waals surface area contributed by atoms with E-state index in [1.165, 1.54) is 10.4 Å². The maximum atomic E-state index is 14.5. The van der Waals surface area contributed by atoms with Crippen LogP contribution in [0.4, 0.5) is 23.9 Å². The molecule has 2 saturated heterocycles. The Morgan fingerprint density at radius 2 is 1.56 bits per heavy atom. The highest BCUT2D eigenvalue weighted by atomic mass is 32.1. The number of piperazine rings is 1. The third kappa shape index (κ3) is 18.4. The second kappa shape index (κ2) is 28.6. The Morgan fingerprint density at radius 1 is 0.866 bits per heavy atom. The van der Waals surface area contributed by atoms with Gasteiger partial charge < -0.3 is 39.7 Å². The number of unbranched alkanes of at least 4 members (excludes halogenated alkanes) is 2. The molecule has 1 saturated carbocycles. The topological polar surface area (TPSA) is 165 Å². The standard InChI is InChI=1S/C62H90F3N11O5S/c1-43-34-50(41-80-70-35-45-12-20-49(21-13-45)54-44(2)69-42-82-54)76(37-43)57(78)55(60(3,4)5)66-26-29-74(59(79)81-61(6,7)8)28-11-9-10-27-72-30-32-73(33-31-72)38-46-14-18-48(19-15-46)53-40-75(39-47-16-22-51(77)23-17-47)56-52(53)36-68-58(71-56)67-25-24-62(63,64)65/h12-15,18-21,36,40,42-43,47,50-51,55,66,70,77H,9-11,16-17,22-35,37-39,41H2,1-8H3,(H,67,68,71)/t43-,47-,50+,51-,55-/m1/s1. The number of rotatable bonds is 25. The number of fused-ring (bicyclic) bond motifs is 1. The molecule has 20 heteroatoms. The van der Waals surface area contributed by atoms with Gasteiger partial charge in [0.05, 0.1) is 47.3 Å². The molecular weight excluding hydrogens is 1070 g/mol. The number of anilines is 1. The van der Waals surface area contributed by atoms with E-state index in [2.05, 4.69) is 123 Å². The first kappa shape index (κ1) is 62.8. The summed E-state index contributed by atoms with van der Waals surface area (Å²) < 4.78 is 46.7. The molecule has 0 unspecified atom stereocenters. The number of alkyl halides is 3. The van der Waals surface area contributed by atoms with Crippen LogP contribution in [-0.4, -0.2) is 158 Å². The van der Waals surface area contributed by atoms with Crippen molar-refractivity contribution in [1.82, 2.24) is 49.9 Å². The van der Waals surface area contributed by atoms with Gasteiger partial charge in [-0.15, -0.1) is 11.3 Å². The third-order valence-corrected chi connectivity index (χ3v) is 17.1. The van der Waals surface area contributed by atoms with Crippen molar-refractivity contribution in [3.8, 4) is 21.6 Å². The van der Waals surface area contributed by atoms with Crippen molar-refractivity contribution in [3.05, 3.63) is 83.3 Å². The summed E-state index contributed by atoms with van der Waals surface area (Å²) in [4.78, 5) is 57.6. The van der Waals surface area contributed by atoms with E-state index < -0.39 is 24.2 Å². The molecule has 450 valence electrons. The SMILES string of the molecule is Cc1ncsc1-c1ccc(CNOC[C@@H]2C[C@@H](C)CN2C(=O)[C@@H](NCCN(CCCCCN2CCN(Cc3ccc(-c4cn(C[C@H]5CC[C@H](O)CC5)c5nc(NCCC(F)(F)F)ncc45)cc3)CC2)C(=O)OC(C)(C)C)C(C)(C)C)cc1. The molecule has 3 fully saturated rings. The van der Waals surface area contributed by atoms with Crippen LogP contribution >= 0.6 is 11.3 Å². The van der Waals surface area contributed by atoms with Gasteiger partial charge in [-0.2, -0.15) is 23.6 Å². The molecule has 16 nitrogen and oxygen atoms in total. The minimum absolute atomic E-state index is 0.0557. The first-order chi connectivity index (χ1) is 39.0. The lowest BCUT2D eigenvalue weighted by Crippen LogP contribution is -2.56. The van der Waals surface area contributed by atoms with Gasteiger partial charge >= 0.3 is 12.3 Å². The van der Waals surface area contributed by atoms with Crippen LogP contribution in [0.15, 0.2) is 66.4 Å². The minimum atomic E-state index is -4.27. The fourth-order valence-corrected chi connectivity index (χ4v) is 12.4. The molecule has 82 heavy (non-hydrogen) atoms. The number of ether oxygens (including phenoxy) is 1. The van der Waals surface area contributed by atoms with E-state index in [4.69, 9.17) is 14.6 Å². The van der Waals surface area contributed by atoms with Crippen molar-refractivity contribution in [1.29, 1.82) is 0 Å². The largest absolute Gasteiger partial charge is 0.444 e. The molecule has 0 spiro atoms. The number of aromatic nitrogens is 4. The van der Waals surface area contributed by atoms with Crippen LogP contribution in [0, 0.1) is 24.2 Å². The van der Waals surface area contributed by atoms with Crippen LogP contribution in [-0.2, 0) is 34.0 Å². The van der Waals surface area contributed by atoms with Crippen LogP contribution in [0.1, 0.15) is 123 Å². The monoisotopic (exact) mass is 1160 g/mol. The second-order valence-corrected chi connectivity index (χ2v) is 26.1. The molecule has 8 rings (SSSR count). The number of hydrogen-bond donors (Lipinski definition) is 4. The highest BCUT2D eigenvalue weighted by Gasteiger charge is 2.41. The summed E-state index contributed by atoms with van der Waals surface area (Å²) in [5.41, 5.74) is 11.2. The molecule has 2 aliphatic heterocycles. The van der Waals surface area contributed by atoms with Crippen molar-refractivity contribution in [2.24, 2.45) is 17.3 Å². The molecule has 3 aliphatic rings. The lowest BCUT2D eigenvalue weighted by atomic mass is 9.85. The molecule has 0 bridgehead atoms. The number of carbonyl (C=O) groups excluding carboxylic acids is 2. The number of amides is 2. The lowest BCUT2D eigenvalue weighted by molar-refractivity contribution is -0.139. The fourth-order valence-electron chi connectivity index (χ4n) is 11.6. The van der Waals surface area contributed by atoms with E-state index >= 15 is 0 Å². The minimum Gasteiger partial charge on any atom is -0.444 e. The Labute approximate surface area is 487 Å². The van der Waals surface area contributed by atoms with Crippen LogP contribution < -0.4 is 16.1 Å². The van der Waals surface area contributed by atoms with Gasteiger partial charge in [0.25, 0.3) is 0 Å². The van der Waals surface area contributed by atoms with Gasteiger partial charge in [-0.1, -0.05) is 82.6 Å². The van der Waals surface area contributed by atoms with Crippen molar-refractivity contribution in [2.75, 3.05) is 77.4 Å². The number of halogens is 3. The Hall–Kier alpha value is -5.22. The molecule has 5 aromatic rings. The van der Waals surface area contributed by atoms with Crippen LogP contribution in [0.25, 0.3) is 32.6 Å². The first-order valence-electron chi connectivity index (χ1n) is 29.8. The number of benzene rings is 2. The zero-order valence-corrected chi connectivity index (χ0v) is 50.5. The molecular formula is C62H90F3N11O5S.